The van der Waals surface area contributed by atoms with Crippen LogP contribution in [-0.4, -0.2) is 40.8 Å². The average Bonchev–Trinajstić information content (AvgIpc) is 3.14. The van der Waals surface area contributed by atoms with Crippen LogP contribution in [0.2, 0.25) is 0 Å². The summed E-state index contributed by atoms with van der Waals surface area (Å²) >= 11 is 0. The normalized spacial score (nSPS) is 11.6. The molecule has 0 aliphatic carbocycles. The van der Waals surface area contributed by atoms with Crippen LogP contribution in [0.5, 0.6) is 5.75 Å². The Labute approximate surface area is 167 Å². The number of aromatic nitrogens is 4. The molecule has 0 fully saturated rings. The highest BCUT2D eigenvalue weighted by molar-refractivity contribution is 7.90. The summed E-state index contributed by atoms with van der Waals surface area (Å²) in [4.78, 5) is 4.05. The van der Waals surface area contributed by atoms with E-state index in [1.807, 2.05) is 6.92 Å². The molecule has 0 saturated carbocycles. The van der Waals surface area contributed by atoms with Crippen LogP contribution in [0.4, 0.5) is 8.78 Å². The molecule has 1 aromatic carbocycles. The summed E-state index contributed by atoms with van der Waals surface area (Å²) in [5, 5.41) is 7.75. The Kier molecular flexibility index (Phi) is 6.21. The van der Waals surface area contributed by atoms with Gasteiger partial charge < -0.3 is 4.74 Å². The van der Waals surface area contributed by atoms with Crippen molar-refractivity contribution in [1.29, 1.82) is 0 Å². The smallest absolute Gasteiger partial charge is 0.156 e. The van der Waals surface area contributed by atoms with E-state index < -0.39 is 32.9 Å². The van der Waals surface area contributed by atoms with Crippen LogP contribution in [0.1, 0.15) is 25.8 Å². The highest BCUT2D eigenvalue weighted by Gasteiger charge is 2.21. The molecule has 2 heterocycles. The van der Waals surface area contributed by atoms with Crippen molar-refractivity contribution in [2.45, 2.75) is 26.0 Å². The number of sulfone groups is 1. The van der Waals surface area contributed by atoms with Gasteiger partial charge in [-0.05, 0) is 25.5 Å². The fourth-order valence-corrected chi connectivity index (χ4v) is 4.30. The molecular formula is C19H20F2N4O3S. The third-order valence-electron chi connectivity index (χ3n) is 4.08. The van der Waals surface area contributed by atoms with Crippen molar-refractivity contribution >= 4 is 9.84 Å². The summed E-state index contributed by atoms with van der Waals surface area (Å²) in [6.45, 7) is 4.01. The second-order valence-corrected chi connectivity index (χ2v) is 8.54. The maximum absolute atomic E-state index is 14.9. The predicted molar refractivity (Wildman–Crippen MR) is 103 cm³/mol. The van der Waals surface area contributed by atoms with E-state index in [1.54, 1.807) is 13.0 Å². The van der Waals surface area contributed by atoms with Crippen molar-refractivity contribution < 1.29 is 21.9 Å². The largest absolute Gasteiger partial charge is 0.492 e. The maximum Gasteiger partial charge on any atom is 0.156 e. The first-order chi connectivity index (χ1) is 13.8. The number of nitrogens with zero attached hydrogens (tertiary/aromatic N) is 4. The van der Waals surface area contributed by atoms with Crippen LogP contribution in [0, 0.1) is 11.6 Å². The number of hydrogen-bond acceptors (Lipinski definition) is 6. The molecule has 0 radical (unpaired) electrons. The summed E-state index contributed by atoms with van der Waals surface area (Å²) in [6, 6.07) is 3.84. The molecule has 3 aromatic rings. The highest BCUT2D eigenvalue weighted by Crippen LogP contribution is 2.25. The van der Waals surface area contributed by atoms with E-state index in [0.29, 0.717) is 30.0 Å². The minimum atomic E-state index is -3.50. The van der Waals surface area contributed by atoms with Crippen molar-refractivity contribution in [2.24, 2.45) is 0 Å². The van der Waals surface area contributed by atoms with E-state index in [4.69, 9.17) is 4.74 Å². The van der Waals surface area contributed by atoms with Crippen molar-refractivity contribution in [3.8, 4) is 22.7 Å². The van der Waals surface area contributed by atoms with Gasteiger partial charge in [0.15, 0.2) is 21.5 Å². The van der Waals surface area contributed by atoms with Gasteiger partial charge in [-0.2, -0.15) is 0 Å². The van der Waals surface area contributed by atoms with E-state index in [2.05, 4.69) is 15.3 Å². The van der Waals surface area contributed by atoms with Crippen molar-refractivity contribution in [3.63, 3.8) is 0 Å². The molecular weight excluding hydrogens is 402 g/mol. The third-order valence-corrected chi connectivity index (χ3v) is 5.86. The Morgan fingerprint density at radius 2 is 1.97 bits per heavy atom. The molecule has 3 rings (SSSR count). The van der Waals surface area contributed by atoms with Crippen LogP contribution >= 0.6 is 0 Å². The Hall–Kier alpha value is -2.88. The summed E-state index contributed by atoms with van der Waals surface area (Å²) in [5.41, 5.74) is 0.292. The Bertz CT molecular complexity index is 1120. The monoisotopic (exact) mass is 422 g/mol. The molecule has 0 aliphatic heterocycles. The van der Waals surface area contributed by atoms with Gasteiger partial charge in [-0.15, -0.1) is 5.10 Å². The molecule has 0 saturated heterocycles. The number of benzene rings is 1. The zero-order chi connectivity index (χ0) is 21.0. The lowest BCUT2D eigenvalue weighted by Gasteiger charge is -2.09. The number of rotatable bonds is 8. The molecule has 7 nitrogen and oxygen atoms in total. The topological polar surface area (TPSA) is 87.0 Å². The molecule has 0 N–H and O–H groups in total. The van der Waals surface area contributed by atoms with Gasteiger partial charge in [-0.25, -0.2) is 21.9 Å². The van der Waals surface area contributed by atoms with Gasteiger partial charge in [0.05, 0.1) is 30.5 Å². The Morgan fingerprint density at radius 3 is 2.69 bits per heavy atom. The van der Waals surface area contributed by atoms with E-state index in [9.17, 15) is 17.2 Å². The molecule has 154 valence electrons. The maximum atomic E-state index is 14.9. The van der Waals surface area contributed by atoms with Crippen LogP contribution in [-0.2, 0) is 15.6 Å². The molecule has 0 spiro atoms. The quantitative estimate of drug-likeness (QED) is 0.553. The fourth-order valence-electron chi connectivity index (χ4n) is 2.83. The van der Waals surface area contributed by atoms with Crippen molar-refractivity contribution in [3.05, 3.63) is 54.0 Å². The molecule has 0 amide bonds. The fraction of sp³-hybridized carbons (Fsp3) is 0.316. The first-order valence-electron chi connectivity index (χ1n) is 9.03. The molecule has 0 bridgehead atoms. The van der Waals surface area contributed by atoms with E-state index in [0.717, 1.165) is 16.8 Å². The van der Waals surface area contributed by atoms with Crippen molar-refractivity contribution in [1.82, 2.24) is 20.0 Å². The molecule has 2 aromatic heterocycles. The summed E-state index contributed by atoms with van der Waals surface area (Å²) in [5.74, 6) is -1.92. The van der Waals surface area contributed by atoms with Gasteiger partial charge >= 0.3 is 0 Å². The molecule has 0 unspecified atom stereocenters. The van der Waals surface area contributed by atoms with Crippen LogP contribution < -0.4 is 4.74 Å². The molecule has 0 atom stereocenters. The molecule has 0 aliphatic rings. The van der Waals surface area contributed by atoms with Crippen molar-refractivity contribution in [2.75, 3.05) is 12.4 Å². The van der Waals surface area contributed by atoms with Gasteiger partial charge in [0.1, 0.15) is 17.1 Å². The lowest BCUT2D eigenvalue weighted by atomic mass is 10.2. The predicted octanol–water partition coefficient (Wildman–Crippen LogP) is 3.33. The highest BCUT2D eigenvalue weighted by atomic mass is 32.2. The van der Waals surface area contributed by atoms with Gasteiger partial charge in [0.25, 0.3) is 0 Å². The van der Waals surface area contributed by atoms with Crippen LogP contribution in [0.15, 0.2) is 36.8 Å². The molecule has 10 heteroatoms. The van der Waals surface area contributed by atoms with Crippen LogP contribution in [0.3, 0.4) is 0 Å². The number of hydrogen-bond donors (Lipinski definition) is 0. The minimum Gasteiger partial charge on any atom is -0.492 e. The number of halogens is 2. The first-order valence-corrected chi connectivity index (χ1v) is 10.8. The second kappa shape index (κ2) is 8.64. The zero-order valence-corrected chi connectivity index (χ0v) is 16.8. The van der Waals surface area contributed by atoms with E-state index in [1.165, 1.54) is 18.6 Å². The summed E-state index contributed by atoms with van der Waals surface area (Å²) < 4.78 is 59.7. The van der Waals surface area contributed by atoms with Gasteiger partial charge in [-0.3, -0.25) is 4.98 Å². The first kappa shape index (κ1) is 20.8. The third kappa shape index (κ3) is 4.76. The van der Waals surface area contributed by atoms with Gasteiger partial charge in [-0.1, -0.05) is 18.2 Å². The number of ether oxygens (including phenoxy) is 1. The van der Waals surface area contributed by atoms with E-state index >= 15 is 0 Å². The SMILES string of the molecule is CCCS(=O)(=O)Cc1ccc(F)c(-n2cc(-c3cncc(OCC)c3)nn2)c1F. The summed E-state index contributed by atoms with van der Waals surface area (Å²) in [6.07, 6.45) is 4.83. The van der Waals surface area contributed by atoms with E-state index in [-0.39, 0.29) is 11.3 Å². The Balaban J connectivity index is 1.98. The van der Waals surface area contributed by atoms with Gasteiger partial charge in [0.2, 0.25) is 0 Å². The lowest BCUT2D eigenvalue weighted by Crippen LogP contribution is -2.12. The standard InChI is InChI=1S/C19H20F2N4O3S/c1-3-7-29(26,27)12-13-5-6-16(20)19(18(13)21)25-11-17(23-24-25)14-8-15(28-4-2)10-22-9-14/h5-6,8-11H,3-4,7,12H2,1-2H3. The summed E-state index contributed by atoms with van der Waals surface area (Å²) in [7, 11) is -3.50. The number of pyridine rings is 1. The lowest BCUT2D eigenvalue weighted by molar-refractivity contribution is 0.339. The average molecular weight is 422 g/mol. The zero-order valence-electron chi connectivity index (χ0n) is 16.0. The minimum absolute atomic E-state index is 0.0736. The second-order valence-electron chi connectivity index (χ2n) is 6.35. The molecule has 29 heavy (non-hydrogen) atoms. The van der Waals surface area contributed by atoms with Crippen LogP contribution in [0.25, 0.3) is 16.9 Å². The Morgan fingerprint density at radius 1 is 1.17 bits per heavy atom. The van der Waals surface area contributed by atoms with Gasteiger partial charge in [0, 0.05) is 17.3 Å².